The highest BCUT2D eigenvalue weighted by Gasteiger charge is 2.26. The van der Waals surface area contributed by atoms with Crippen molar-refractivity contribution in [3.8, 4) is 0 Å². The van der Waals surface area contributed by atoms with Crippen molar-refractivity contribution in [2.75, 3.05) is 26.2 Å². The zero-order chi connectivity index (χ0) is 18.1. The number of benzene rings is 1. The van der Waals surface area contributed by atoms with Crippen molar-refractivity contribution in [1.82, 2.24) is 14.8 Å². The third kappa shape index (κ3) is 3.12. The van der Waals surface area contributed by atoms with Gasteiger partial charge >= 0.3 is 0 Å². The highest BCUT2D eigenvalue weighted by atomic mass is 32.1. The maximum atomic E-state index is 12.7. The van der Waals surface area contributed by atoms with E-state index in [1.807, 2.05) is 57.9 Å². The van der Waals surface area contributed by atoms with Crippen LogP contribution in [0.3, 0.4) is 0 Å². The van der Waals surface area contributed by atoms with Crippen LogP contribution in [0.15, 0.2) is 41.2 Å². The van der Waals surface area contributed by atoms with Gasteiger partial charge in [0.05, 0.1) is 12.0 Å². The number of thiophene rings is 1. The maximum absolute atomic E-state index is 12.7. The number of carbonyl (C=O) groups excluding carboxylic acids is 2. The molecule has 3 aromatic rings. The number of hydrogen-bond acceptors (Lipinski definition) is 3. The van der Waals surface area contributed by atoms with Crippen LogP contribution in [0.25, 0.3) is 10.9 Å². The Labute approximate surface area is 156 Å². The van der Waals surface area contributed by atoms with Crippen molar-refractivity contribution in [2.45, 2.75) is 13.3 Å². The molecule has 26 heavy (non-hydrogen) atoms. The van der Waals surface area contributed by atoms with E-state index in [0.717, 1.165) is 27.6 Å². The largest absolute Gasteiger partial charge is 0.361 e. The van der Waals surface area contributed by atoms with Crippen molar-refractivity contribution >= 4 is 34.1 Å². The van der Waals surface area contributed by atoms with Gasteiger partial charge in [0, 0.05) is 48.7 Å². The fourth-order valence-corrected chi connectivity index (χ4v) is 4.28. The highest BCUT2D eigenvalue weighted by molar-refractivity contribution is 7.08. The lowest BCUT2D eigenvalue weighted by Gasteiger charge is -2.34. The van der Waals surface area contributed by atoms with Crippen LogP contribution in [-0.2, 0) is 11.2 Å². The average Bonchev–Trinajstić information content (AvgIpc) is 3.28. The minimum Gasteiger partial charge on any atom is -0.361 e. The Balaban J connectivity index is 1.38. The number of aromatic amines is 1. The van der Waals surface area contributed by atoms with E-state index in [0.29, 0.717) is 32.6 Å². The molecular weight excluding hydrogens is 346 g/mol. The third-order valence-electron chi connectivity index (χ3n) is 5.02. The zero-order valence-electron chi connectivity index (χ0n) is 14.7. The van der Waals surface area contributed by atoms with E-state index in [9.17, 15) is 9.59 Å². The maximum Gasteiger partial charge on any atom is 0.255 e. The van der Waals surface area contributed by atoms with Crippen molar-refractivity contribution in [3.05, 3.63) is 57.9 Å². The molecule has 1 aromatic carbocycles. The first kappa shape index (κ1) is 16.8. The normalized spacial score (nSPS) is 14.8. The number of rotatable bonds is 3. The number of piperazine rings is 1. The zero-order valence-corrected chi connectivity index (χ0v) is 15.5. The molecule has 1 saturated heterocycles. The second-order valence-corrected chi connectivity index (χ2v) is 7.42. The molecule has 1 aliphatic rings. The van der Waals surface area contributed by atoms with Gasteiger partial charge in [0.25, 0.3) is 5.91 Å². The predicted molar refractivity (Wildman–Crippen MR) is 104 cm³/mol. The fourth-order valence-electron chi connectivity index (χ4n) is 3.46. The summed E-state index contributed by atoms with van der Waals surface area (Å²) in [6.07, 6.45) is 2.31. The van der Waals surface area contributed by atoms with Crippen molar-refractivity contribution in [2.24, 2.45) is 0 Å². The molecule has 0 atom stereocenters. The molecule has 0 unspecified atom stereocenters. The summed E-state index contributed by atoms with van der Waals surface area (Å²) in [5.74, 6) is 0.195. The molecule has 3 heterocycles. The second-order valence-electron chi connectivity index (χ2n) is 6.68. The van der Waals surface area contributed by atoms with Gasteiger partial charge in [-0.1, -0.05) is 18.2 Å². The molecule has 4 rings (SSSR count). The number of nitrogens with one attached hydrogen (secondary N) is 1. The van der Waals surface area contributed by atoms with E-state index in [1.54, 1.807) is 11.3 Å². The Kier molecular flexibility index (Phi) is 4.51. The molecule has 0 bridgehead atoms. The summed E-state index contributed by atoms with van der Waals surface area (Å²) >= 11 is 1.55. The van der Waals surface area contributed by atoms with Gasteiger partial charge in [-0.25, -0.2) is 0 Å². The minimum atomic E-state index is 0.0764. The Bertz CT molecular complexity index is 951. The van der Waals surface area contributed by atoms with Gasteiger partial charge in [-0.15, -0.1) is 0 Å². The molecule has 2 amide bonds. The molecule has 1 aliphatic heterocycles. The predicted octanol–water partition coefficient (Wildman–Crippen LogP) is 3.06. The SMILES string of the molecule is Cc1cscc1C(=O)N1CCN(C(=O)Cc2c[nH]c3ccccc23)CC1. The quantitative estimate of drug-likeness (QED) is 0.773. The van der Waals surface area contributed by atoms with Gasteiger partial charge in [0.1, 0.15) is 0 Å². The van der Waals surface area contributed by atoms with E-state index in [2.05, 4.69) is 4.98 Å². The van der Waals surface area contributed by atoms with Crippen LogP contribution >= 0.6 is 11.3 Å². The summed E-state index contributed by atoms with van der Waals surface area (Å²) in [5, 5.41) is 5.00. The van der Waals surface area contributed by atoms with Crippen molar-refractivity contribution < 1.29 is 9.59 Å². The summed E-state index contributed by atoms with van der Waals surface area (Å²) in [5.41, 5.74) is 3.89. The molecular formula is C20H21N3O2S. The van der Waals surface area contributed by atoms with Crippen LogP contribution in [-0.4, -0.2) is 52.8 Å². The number of amides is 2. The summed E-state index contributed by atoms with van der Waals surface area (Å²) in [6, 6.07) is 8.02. The number of fused-ring (bicyclic) bond motifs is 1. The molecule has 0 saturated carbocycles. The third-order valence-corrected chi connectivity index (χ3v) is 5.88. The van der Waals surface area contributed by atoms with Crippen LogP contribution in [0.2, 0.25) is 0 Å². The number of carbonyl (C=O) groups is 2. The van der Waals surface area contributed by atoms with Crippen molar-refractivity contribution in [1.29, 1.82) is 0 Å². The number of para-hydroxylation sites is 1. The van der Waals surface area contributed by atoms with E-state index in [4.69, 9.17) is 0 Å². The summed E-state index contributed by atoms with van der Waals surface area (Å²) in [4.78, 5) is 32.2. The first-order chi connectivity index (χ1) is 12.6. The van der Waals surface area contributed by atoms with Crippen LogP contribution in [0.4, 0.5) is 0 Å². The van der Waals surface area contributed by atoms with Gasteiger partial charge in [-0.2, -0.15) is 11.3 Å². The average molecular weight is 367 g/mol. The molecule has 134 valence electrons. The topological polar surface area (TPSA) is 56.4 Å². The van der Waals surface area contributed by atoms with Crippen molar-refractivity contribution in [3.63, 3.8) is 0 Å². The number of aromatic nitrogens is 1. The van der Waals surface area contributed by atoms with Gasteiger partial charge < -0.3 is 14.8 Å². The number of hydrogen-bond donors (Lipinski definition) is 1. The van der Waals surface area contributed by atoms with Gasteiger partial charge in [0.15, 0.2) is 0 Å². The van der Waals surface area contributed by atoms with Gasteiger partial charge in [0.2, 0.25) is 5.91 Å². The van der Waals surface area contributed by atoms with E-state index in [-0.39, 0.29) is 11.8 Å². The minimum absolute atomic E-state index is 0.0764. The molecule has 0 spiro atoms. The Hall–Kier alpha value is -2.60. The van der Waals surface area contributed by atoms with Crippen LogP contribution < -0.4 is 0 Å². The molecule has 5 nitrogen and oxygen atoms in total. The van der Waals surface area contributed by atoms with E-state index < -0.39 is 0 Å². The summed E-state index contributed by atoms with van der Waals surface area (Å²) in [7, 11) is 0. The number of nitrogens with zero attached hydrogens (tertiary/aromatic N) is 2. The van der Waals surface area contributed by atoms with E-state index in [1.165, 1.54) is 0 Å². The molecule has 0 aliphatic carbocycles. The number of H-pyrrole nitrogens is 1. The fraction of sp³-hybridized carbons (Fsp3) is 0.300. The Morgan fingerprint density at radius 3 is 2.54 bits per heavy atom. The van der Waals surface area contributed by atoms with Crippen LogP contribution in [0.1, 0.15) is 21.5 Å². The Morgan fingerprint density at radius 1 is 1.08 bits per heavy atom. The first-order valence-electron chi connectivity index (χ1n) is 8.78. The molecule has 2 aromatic heterocycles. The standard InChI is InChI=1S/C20H21N3O2S/c1-14-12-26-13-17(14)20(25)23-8-6-22(7-9-23)19(24)10-15-11-21-18-5-3-2-4-16(15)18/h2-5,11-13,21H,6-10H2,1H3. The van der Waals surface area contributed by atoms with Crippen LogP contribution in [0, 0.1) is 6.92 Å². The molecule has 0 radical (unpaired) electrons. The monoisotopic (exact) mass is 367 g/mol. The summed E-state index contributed by atoms with van der Waals surface area (Å²) in [6.45, 7) is 4.33. The Morgan fingerprint density at radius 2 is 1.81 bits per heavy atom. The van der Waals surface area contributed by atoms with Crippen LogP contribution in [0.5, 0.6) is 0 Å². The number of aryl methyl sites for hydroxylation is 1. The lowest BCUT2D eigenvalue weighted by atomic mass is 10.1. The van der Waals surface area contributed by atoms with Gasteiger partial charge in [-0.3, -0.25) is 9.59 Å². The molecule has 1 N–H and O–H groups in total. The molecule has 1 fully saturated rings. The molecule has 6 heteroatoms. The van der Waals surface area contributed by atoms with E-state index >= 15 is 0 Å². The van der Waals surface area contributed by atoms with Gasteiger partial charge in [-0.05, 0) is 29.5 Å². The highest BCUT2D eigenvalue weighted by Crippen LogP contribution is 2.20. The second kappa shape index (κ2) is 6.96. The smallest absolute Gasteiger partial charge is 0.255 e. The lowest BCUT2D eigenvalue weighted by molar-refractivity contribution is -0.131. The first-order valence-corrected chi connectivity index (χ1v) is 9.72. The lowest BCUT2D eigenvalue weighted by Crippen LogP contribution is -2.51. The summed E-state index contributed by atoms with van der Waals surface area (Å²) < 4.78 is 0.